The molecule has 58 heavy (non-hydrogen) atoms. The van der Waals surface area contributed by atoms with Gasteiger partial charge in [0.15, 0.2) is 5.82 Å². The van der Waals surface area contributed by atoms with E-state index in [1.165, 1.54) is 12.1 Å². The van der Waals surface area contributed by atoms with E-state index in [0.717, 1.165) is 30.4 Å². The number of hydrogen-bond donors (Lipinski definition) is 1. The van der Waals surface area contributed by atoms with Crippen molar-refractivity contribution in [2.45, 2.75) is 74.7 Å². The second kappa shape index (κ2) is 15.2. The number of halogens is 3. The number of carbonyl (C=O) groups is 2. The third-order valence-electron chi connectivity index (χ3n) is 11.0. The van der Waals surface area contributed by atoms with Crippen molar-refractivity contribution in [3.63, 3.8) is 0 Å². The highest BCUT2D eigenvalue weighted by Gasteiger charge is 2.45. The molecular weight excluding hydrogens is 792 g/mol. The highest BCUT2D eigenvalue weighted by molar-refractivity contribution is 7.86. The van der Waals surface area contributed by atoms with Gasteiger partial charge in [-0.15, -0.1) is 3.89 Å². The minimum absolute atomic E-state index is 0.0208. The number of anilines is 1. The van der Waals surface area contributed by atoms with Crippen LogP contribution in [-0.2, 0) is 15.0 Å². The lowest BCUT2D eigenvalue weighted by atomic mass is 10.0. The smallest absolute Gasteiger partial charge is 0.410 e. The van der Waals surface area contributed by atoms with Gasteiger partial charge in [0, 0.05) is 59.5 Å². The van der Waals surface area contributed by atoms with E-state index in [-0.39, 0.29) is 59.7 Å². The first-order chi connectivity index (χ1) is 27.5. The van der Waals surface area contributed by atoms with Crippen LogP contribution >= 0.6 is 11.6 Å². The minimum Gasteiger partial charge on any atom is -0.462 e. The molecule has 0 unspecified atom stereocenters. The lowest BCUT2D eigenvalue weighted by molar-refractivity contribution is 0.0122. The molecule has 8 rings (SSSR count). The van der Waals surface area contributed by atoms with E-state index < -0.39 is 32.4 Å². The van der Waals surface area contributed by atoms with E-state index in [2.05, 4.69) is 15.3 Å². The molecule has 3 fully saturated rings. The first-order valence-corrected chi connectivity index (χ1v) is 20.8. The molecule has 13 nitrogen and oxygen atoms in total. The molecule has 304 valence electrons. The minimum atomic E-state index is -4.89. The summed E-state index contributed by atoms with van der Waals surface area (Å²) in [5.74, 6) is -0.656. The van der Waals surface area contributed by atoms with Gasteiger partial charge in [0.1, 0.15) is 29.2 Å². The number of amides is 2. The molecule has 2 bridgehead atoms. The molecule has 2 aromatic heterocycles. The van der Waals surface area contributed by atoms with Gasteiger partial charge in [-0.2, -0.15) is 18.4 Å². The fourth-order valence-electron chi connectivity index (χ4n) is 8.28. The molecule has 1 N–H and O–H groups in total. The Bertz CT molecular complexity index is 2520. The molecule has 5 aromatic rings. The first kappa shape index (κ1) is 39.6. The zero-order chi connectivity index (χ0) is 41.1. The van der Waals surface area contributed by atoms with Crippen molar-refractivity contribution in [2.75, 3.05) is 38.2 Å². The monoisotopic (exact) mass is 833 g/mol. The second-order valence-electron chi connectivity index (χ2n) is 16.1. The number of nitrogens with zero attached hydrogens (tertiary/aromatic N) is 6. The van der Waals surface area contributed by atoms with Crippen molar-refractivity contribution in [3.8, 4) is 17.3 Å². The Hall–Kier alpha value is -5.19. The van der Waals surface area contributed by atoms with Crippen molar-refractivity contribution in [3.05, 3.63) is 83.3 Å². The molecule has 0 saturated carbocycles. The first-order valence-electron chi connectivity index (χ1n) is 19.0. The number of pyridine rings is 1. The van der Waals surface area contributed by atoms with Crippen LogP contribution < -0.4 is 15.0 Å². The zero-order valence-corrected chi connectivity index (χ0v) is 33.9. The van der Waals surface area contributed by atoms with Crippen LogP contribution in [0.2, 0.25) is 5.02 Å². The summed E-state index contributed by atoms with van der Waals surface area (Å²) in [7, 11) is -3.00. The lowest BCUT2D eigenvalue weighted by Gasteiger charge is -2.42. The van der Waals surface area contributed by atoms with Gasteiger partial charge in [0.25, 0.3) is 5.91 Å². The fourth-order valence-corrected chi connectivity index (χ4v) is 9.03. The maximum atomic E-state index is 17.0. The van der Waals surface area contributed by atoms with Crippen molar-refractivity contribution >= 4 is 61.3 Å². The highest BCUT2D eigenvalue weighted by Crippen LogP contribution is 2.40. The van der Waals surface area contributed by atoms with E-state index in [0.29, 0.717) is 53.2 Å². The molecular formula is C41H42ClF2N7O6S. The third kappa shape index (κ3) is 7.84. The second-order valence-corrected chi connectivity index (χ2v) is 17.9. The number of nitrogens with one attached hydrogen (secondary N) is 1. The summed E-state index contributed by atoms with van der Waals surface area (Å²) >= 11 is 6.64. The van der Waals surface area contributed by atoms with Gasteiger partial charge in [0.05, 0.1) is 22.4 Å². The molecule has 3 saturated heterocycles. The fraction of sp³-hybridized carbons (Fsp3) is 0.390. The highest BCUT2D eigenvalue weighted by atomic mass is 35.5. The summed E-state index contributed by atoms with van der Waals surface area (Å²) in [6.45, 7) is 6.99. The van der Waals surface area contributed by atoms with Gasteiger partial charge in [0.2, 0.25) is 0 Å². The average Bonchev–Trinajstić information content (AvgIpc) is 3.66. The van der Waals surface area contributed by atoms with Crippen molar-refractivity contribution < 1.29 is 35.8 Å². The van der Waals surface area contributed by atoms with Crippen molar-refractivity contribution in [1.82, 2.24) is 30.1 Å². The Kier molecular flexibility index (Phi) is 10.4. The molecule has 0 radical (unpaired) electrons. The Balaban J connectivity index is 1.08. The van der Waals surface area contributed by atoms with Crippen LogP contribution in [0.3, 0.4) is 0 Å². The Morgan fingerprint density at radius 2 is 1.67 bits per heavy atom. The van der Waals surface area contributed by atoms with Crippen LogP contribution in [0, 0.1) is 5.82 Å². The molecule has 0 aliphatic carbocycles. The van der Waals surface area contributed by atoms with Crippen molar-refractivity contribution in [1.29, 1.82) is 0 Å². The Labute approximate surface area is 339 Å². The summed E-state index contributed by atoms with van der Waals surface area (Å²) in [4.78, 5) is 45.7. The number of fused-ring (bicyclic) bond motifs is 4. The standard InChI is InChI=1S/C41H42ClF2N7O6S/c1-41(2,3)57-40(53)51-26-13-14-27(51)21-50(20-26)37-31-18-45-35(30-9-5-7-23-8-6-10-32(42)33(23)30)34(43)36(31)47-39(48-37)56-22-28-17-25(19-49(28)4)46-38(52)24-11-15-29(16-12-24)58(44,54)55/h5-12,15-16,18,25-28H,13-14,17,19-22H2,1-4H3,(H,46,52)/t25-,26-,27+,28+/m1/s1. The van der Waals surface area contributed by atoms with Gasteiger partial charge in [-0.3, -0.25) is 19.6 Å². The zero-order valence-electron chi connectivity index (χ0n) is 32.3. The van der Waals surface area contributed by atoms with Crippen LogP contribution in [0.25, 0.3) is 32.9 Å². The van der Waals surface area contributed by atoms with E-state index in [4.69, 9.17) is 26.1 Å². The lowest BCUT2D eigenvalue weighted by Crippen LogP contribution is -2.57. The number of ether oxygens (including phenoxy) is 2. The van der Waals surface area contributed by atoms with E-state index in [1.807, 2.05) is 66.8 Å². The topological polar surface area (TPSA) is 147 Å². The maximum absolute atomic E-state index is 17.0. The molecule has 4 atom stereocenters. The van der Waals surface area contributed by atoms with E-state index in [9.17, 15) is 21.9 Å². The van der Waals surface area contributed by atoms with Crippen LogP contribution in [0.15, 0.2) is 71.8 Å². The van der Waals surface area contributed by atoms with Crippen LogP contribution in [0.4, 0.5) is 18.9 Å². The van der Waals surface area contributed by atoms with Gasteiger partial charge in [-0.25, -0.2) is 9.18 Å². The number of rotatable bonds is 8. The molecule has 5 heterocycles. The summed E-state index contributed by atoms with van der Waals surface area (Å²) < 4.78 is 64.8. The largest absolute Gasteiger partial charge is 0.462 e. The van der Waals surface area contributed by atoms with Crippen LogP contribution in [0.5, 0.6) is 6.01 Å². The number of benzene rings is 3. The summed E-state index contributed by atoms with van der Waals surface area (Å²) in [6, 6.07) is 14.8. The van der Waals surface area contributed by atoms with E-state index in [1.54, 1.807) is 18.3 Å². The van der Waals surface area contributed by atoms with Gasteiger partial charge >= 0.3 is 22.3 Å². The predicted octanol–water partition coefficient (Wildman–Crippen LogP) is 6.77. The van der Waals surface area contributed by atoms with Crippen LogP contribution in [-0.4, -0.2) is 108 Å². The number of piperazine rings is 1. The SMILES string of the molecule is CN1C[C@H](NC(=O)c2ccc(S(=O)(=O)F)cc2)C[C@H]1COc1nc(N2C[C@H]3CC[C@@H](C2)N3C(=O)OC(C)(C)C)c2cnc(-c3cccc4cccc(Cl)c34)c(F)c2n1. The molecule has 3 aromatic carbocycles. The number of likely N-dealkylation sites (N-methyl/N-ethyl adjacent to an activating group) is 1. The third-order valence-corrected chi connectivity index (χ3v) is 12.1. The quantitative estimate of drug-likeness (QED) is 0.165. The van der Waals surface area contributed by atoms with Gasteiger partial charge < -0.3 is 19.7 Å². The molecule has 17 heteroatoms. The number of likely N-dealkylation sites (tertiary alicyclic amines) is 1. The molecule has 0 spiro atoms. The summed E-state index contributed by atoms with van der Waals surface area (Å²) in [6.07, 6.45) is 3.28. The molecule has 3 aliphatic rings. The van der Waals surface area contributed by atoms with Crippen molar-refractivity contribution in [2.24, 2.45) is 0 Å². The Morgan fingerprint density at radius 3 is 2.34 bits per heavy atom. The number of carbonyl (C=O) groups excluding carboxylic acids is 2. The molecule has 2 amide bonds. The number of hydrogen-bond acceptors (Lipinski definition) is 11. The van der Waals surface area contributed by atoms with Gasteiger partial charge in [-0.1, -0.05) is 41.9 Å². The maximum Gasteiger partial charge on any atom is 0.410 e. The predicted molar refractivity (Wildman–Crippen MR) is 215 cm³/mol. The normalized spacial score (nSPS) is 21.2. The van der Waals surface area contributed by atoms with Gasteiger partial charge in [-0.05, 0) is 82.8 Å². The number of aromatic nitrogens is 3. The summed E-state index contributed by atoms with van der Waals surface area (Å²) in [5, 5.41) is 5.29. The van der Waals surface area contributed by atoms with E-state index >= 15 is 4.39 Å². The van der Waals surface area contributed by atoms with Crippen LogP contribution in [0.1, 0.15) is 50.4 Å². The Morgan fingerprint density at radius 1 is 0.983 bits per heavy atom. The molecule has 3 aliphatic heterocycles. The summed E-state index contributed by atoms with van der Waals surface area (Å²) in [5.41, 5.74) is 0.152. The average molecular weight is 834 g/mol.